The number of hydrogen-bond acceptors (Lipinski definition) is 13. The third kappa shape index (κ3) is 203. The summed E-state index contributed by atoms with van der Waals surface area (Å²) in [7, 11) is 36.0. The summed E-state index contributed by atoms with van der Waals surface area (Å²) in [6.07, 6.45) is 71.6. The first-order valence-corrected chi connectivity index (χ1v) is 56.1. The Morgan fingerprint density at radius 3 is 0.397 bits per heavy atom. The van der Waals surface area contributed by atoms with Crippen molar-refractivity contribution in [3.63, 3.8) is 0 Å². The maximum Gasteiger partial charge on any atom is -0.00188 e. The molecule has 0 bridgehead atoms. The van der Waals surface area contributed by atoms with Crippen LogP contribution in [-0.4, -0.2) is 327 Å². The van der Waals surface area contributed by atoms with Gasteiger partial charge in [-0.25, -0.2) is 0 Å². The molecular weight excluding hydrogens is 1540 g/mol. The van der Waals surface area contributed by atoms with Crippen molar-refractivity contribution < 1.29 is 0 Å². The molecule has 13 heteroatoms. The molecule has 0 amide bonds. The van der Waals surface area contributed by atoms with E-state index < -0.39 is 0 Å². The van der Waals surface area contributed by atoms with Crippen LogP contribution in [0.3, 0.4) is 0 Å². The molecule has 0 saturated carbocycles. The first kappa shape index (κ1) is 154. The molecule has 13 nitrogen and oxygen atoms in total. The first-order valence-electron chi connectivity index (χ1n) is 56.1. The molecule has 0 saturated heterocycles. The highest BCUT2D eigenvalue weighted by atomic mass is 15.1. The predicted molar refractivity (Wildman–Crippen MR) is 597 cm³/mol. The zero-order valence-electron chi connectivity index (χ0n) is 97.1. The Morgan fingerprint density at radius 1 is 0.103 bits per heavy atom. The summed E-state index contributed by atoms with van der Waals surface area (Å²) < 4.78 is 0. The molecule has 0 rings (SSSR count). The van der Waals surface area contributed by atoms with Crippen LogP contribution in [0.4, 0.5) is 0 Å². The molecule has 0 aromatic heterocycles. The van der Waals surface area contributed by atoms with Crippen molar-refractivity contribution in [1.82, 2.24) is 63.7 Å². The minimum Gasteiger partial charge on any atom is -0.312 e. The van der Waals surface area contributed by atoms with Crippen molar-refractivity contribution in [3.05, 3.63) is 0 Å². The minimum atomic E-state index is 1.14. The summed E-state index contributed by atoms with van der Waals surface area (Å²) in [6.45, 7) is 77.0. The van der Waals surface area contributed by atoms with Crippen molar-refractivity contribution in [2.45, 2.75) is 486 Å². The number of nitrogens with zero attached hydrogens (tertiary/aromatic N) is 13. The monoisotopic (exact) mass is 1810 g/mol. The van der Waals surface area contributed by atoms with Crippen LogP contribution >= 0.6 is 0 Å². The second-order valence-corrected chi connectivity index (χ2v) is 38.5. The zero-order chi connectivity index (χ0) is 98.8. The van der Waals surface area contributed by atoms with Crippen LogP contribution in [0.2, 0.25) is 0 Å². The SMILES string of the molecule is CCCCCCCCCCN(C)C.CCCCCCCCCN(C)C.CCCCCCCCN(C)C.CCCCCCN(C)C.CCCCCCN(C)CCCCCC.CCCCN(C)C.CCCCN(C)CCCC.CCCCN(CC)CCCC.CCCCN(CCCC)CCCC.CCCN(CCC)CCC.CCN(C)C.CCN(CC)CC.CN(C)C. The molecule has 0 aliphatic heterocycles. The van der Waals surface area contributed by atoms with Crippen LogP contribution < -0.4 is 0 Å². The fourth-order valence-corrected chi connectivity index (χ4v) is 12.8. The van der Waals surface area contributed by atoms with Crippen molar-refractivity contribution >= 4 is 0 Å². The summed E-state index contributed by atoms with van der Waals surface area (Å²) in [5.74, 6) is 0. The van der Waals surface area contributed by atoms with E-state index in [1.165, 1.54) is 471 Å². The predicted octanol–water partition coefficient (Wildman–Crippen LogP) is 31.2. The lowest BCUT2D eigenvalue weighted by molar-refractivity contribution is 0.261. The number of unbranched alkanes of at least 4 members (excludes halogenated alkanes) is 35. The number of hydrogen-bond donors (Lipinski definition) is 0. The molecule has 0 unspecified atom stereocenters. The molecule has 0 heterocycles. The molecule has 0 aromatic rings. The van der Waals surface area contributed by atoms with Crippen LogP contribution in [0.1, 0.15) is 486 Å². The van der Waals surface area contributed by atoms with E-state index in [1.807, 2.05) is 26.0 Å². The molecule has 0 radical (unpaired) electrons. The first-order chi connectivity index (χ1) is 60.4. The van der Waals surface area contributed by atoms with E-state index in [9.17, 15) is 0 Å². The van der Waals surface area contributed by atoms with Crippen LogP contribution in [0.5, 0.6) is 0 Å². The van der Waals surface area contributed by atoms with Crippen molar-refractivity contribution in [2.24, 2.45) is 0 Å². The van der Waals surface area contributed by atoms with Gasteiger partial charge in [-0.3, -0.25) is 0 Å². The largest absolute Gasteiger partial charge is 0.312 e. The Balaban J connectivity index is -0.000000101. The minimum absolute atomic E-state index is 1.14. The summed E-state index contributed by atoms with van der Waals surface area (Å²) in [5.41, 5.74) is 0. The third-order valence-electron chi connectivity index (χ3n) is 21.8. The van der Waals surface area contributed by atoms with Gasteiger partial charge in [-0.15, -0.1) is 0 Å². The molecule has 0 spiro atoms. The molecule has 0 aliphatic carbocycles. The lowest BCUT2D eigenvalue weighted by Gasteiger charge is -2.21. The maximum absolute atomic E-state index is 2.64. The van der Waals surface area contributed by atoms with Gasteiger partial charge in [0.2, 0.25) is 0 Å². The highest BCUT2D eigenvalue weighted by molar-refractivity contribution is 4.60. The van der Waals surface area contributed by atoms with E-state index in [0.717, 1.165) is 6.54 Å². The van der Waals surface area contributed by atoms with Gasteiger partial charge in [-0.1, -0.05) is 377 Å². The standard InChI is InChI=1S/C13H29N.2C12H27N.C11H25N.2C10H23N.2C9H21N.C8H19N.2C6H15N.C4H11N.C3H9N/c1-4-6-8-10-12-14(3)13-11-9-7-5-2;1-4-5-6-7-8-9-10-11-12-13(2)3;1-4-7-10-13(11-8-5-2)12-9-6-3;1-4-5-6-7-8-9-10-11-12(2)3;1-4-5-6-7-8-9-10-11(2)3;1-4-7-9-11(6-3)10-8-5-2;1-4-6-8-10(3)9-7-5-2;1-4-7-10(8-5-2)9-6-3;1-4-5-6-7-8-9(2)3;1-4-5-6-7(2)3;1-4-7(5-2)6-3;1-4-5(2)3;1-4(2)3/h4-13H2,1-3H3;2*4-12H2,1-3H3;4-11H2,1-3H3;2*4-10H2,1-3H3;2*4-9H2,1-3H3;4-8H2,1-3H3;2*4-6H2,1-3H3;4H2,1-3H3;1-3H3. The van der Waals surface area contributed by atoms with Gasteiger partial charge >= 0.3 is 0 Å². The Bertz CT molecular complexity index is 1510. The normalized spacial score (nSPS) is 10.8. The molecule has 0 aromatic carbocycles. The second kappa shape index (κ2) is 150. The van der Waals surface area contributed by atoms with Crippen LogP contribution in [0, 0.1) is 0 Å². The van der Waals surface area contributed by atoms with Gasteiger partial charge in [-0.2, -0.15) is 0 Å². The Kier molecular flexibility index (Phi) is 183. The molecular formula is C113H265N13. The van der Waals surface area contributed by atoms with Gasteiger partial charge in [0.25, 0.3) is 0 Å². The van der Waals surface area contributed by atoms with Gasteiger partial charge in [-0.05, 0) is 373 Å². The Labute approximate surface area is 809 Å². The van der Waals surface area contributed by atoms with Crippen LogP contribution in [-0.2, 0) is 0 Å². The van der Waals surface area contributed by atoms with E-state index in [-0.39, 0.29) is 0 Å². The molecule has 0 aliphatic rings. The summed E-state index contributed by atoms with van der Waals surface area (Å²) in [4.78, 5) is 30.4. The highest BCUT2D eigenvalue weighted by Gasteiger charge is 2.05. The molecule has 0 N–H and O–H groups in total. The Hall–Kier alpha value is -0.520. The molecule has 782 valence electrons. The third-order valence-corrected chi connectivity index (χ3v) is 21.8. The average Bonchev–Trinajstić information content (AvgIpc) is 1.000. The van der Waals surface area contributed by atoms with Gasteiger partial charge in [0.05, 0.1) is 0 Å². The van der Waals surface area contributed by atoms with E-state index >= 15 is 0 Å². The van der Waals surface area contributed by atoms with Gasteiger partial charge in [0, 0.05) is 0 Å². The number of rotatable bonds is 74. The summed E-state index contributed by atoms with van der Waals surface area (Å²) in [5, 5.41) is 0. The fourth-order valence-electron chi connectivity index (χ4n) is 12.8. The van der Waals surface area contributed by atoms with Gasteiger partial charge < -0.3 is 63.7 Å². The maximum atomic E-state index is 2.64. The lowest BCUT2D eigenvalue weighted by atomic mass is 10.1. The zero-order valence-corrected chi connectivity index (χ0v) is 97.1. The second-order valence-electron chi connectivity index (χ2n) is 38.5. The summed E-state index contributed by atoms with van der Waals surface area (Å²) in [6, 6.07) is 0. The summed E-state index contributed by atoms with van der Waals surface area (Å²) >= 11 is 0. The van der Waals surface area contributed by atoms with E-state index in [4.69, 9.17) is 0 Å². The quantitative estimate of drug-likeness (QED) is 0.0544. The smallest absolute Gasteiger partial charge is 0.00188 e. The molecule has 126 heavy (non-hydrogen) atoms. The van der Waals surface area contributed by atoms with E-state index in [0.29, 0.717) is 0 Å². The van der Waals surface area contributed by atoms with Crippen molar-refractivity contribution in [1.29, 1.82) is 0 Å². The Morgan fingerprint density at radius 2 is 0.238 bits per heavy atom. The van der Waals surface area contributed by atoms with E-state index in [2.05, 4.69) is 310 Å². The van der Waals surface area contributed by atoms with Crippen LogP contribution in [0.15, 0.2) is 0 Å². The topological polar surface area (TPSA) is 42.1 Å². The van der Waals surface area contributed by atoms with Crippen molar-refractivity contribution in [2.75, 3.05) is 264 Å². The molecule has 0 atom stereocenters. The van der Waals surface area contributed by atoms with E-state index in [1.54, 1.807) is 0 Å². The average molecular weight is 1810 g/mol. The van der Waals surface area contributed by atoms with Gasteiger partial charge in [0.1, 0.15) is 0 Å². The van der Waals surface area contributed by atoms with Crippen molar-refractivity contribution in [3.8, 4) is 0 Å². The fraction of sp³-hybridized carbons (Fsp3) is 1.00. The lowest BCUT2D eigenvalue weighted by Crippen LogP contribution is -2.27. The highest BCUT2D eigenvalue weighted by Crippen LogP contribution is 2.11. The molecule has 0 fully saturated rings. The van der Waals surface area contributed by atoms with Crippen LogP contribution in [0.25, 0.3) is 0 Å². The van der Waals surface area contributed by atoms with Gasteiger partial charge in [0.15, 0.2) is 0 Å².